The van der Waals surface area contributed by atoms with E-state index in [1.54, 1.807) is 0 Å². The molecule has 0 aliphatic carbocycles. The standard InChI is InChI=1S/C9H13FO3/c1-4-8(10)7(3)13-5-6(2)9(11)12/h4-5,7-8H,1H2,2-3H3,(H,11,12). The van der Waals surface area contributed by atoms with Crippen LogP contribution in [0.25, 0.3) is 0 Å². The van der Waals surface area contributed by atoms with Gasteiger partial charge < -0.3 is 9.84 Å². The zero-order valence-electron chi connectivity index (χ0n) is 7.66. The van der Waals surface area contributed by atoms with Crippen LogP contribution in [0.15, 0.2) is 24.5 Å². The number of alkyl halides is 1. The number of carboxylic acid groups (broad SMARTS) is 1. The predicted octanol–water partition coefficient (Wildman–Crippen LogP) is 1.90. The van der Waals surface area contributed by atoms with E-state index in [1.807, 2.05) is 0 Å². The maximum atomic E-state index is 12.8. The maximum absolute atomic E-state index is 12.8. The van der Waals surface area contributed by atoms with Gasteiger partial charge in [-0.25, -0.2) is 9.18 Å². The van der Waals surface area contributed by atoms with Crippen LogP contribution in [0, 0.1) is 0 Å². The molecule has 0 aromatic heterocycles. The SMILES string of the molecule is C=CC(F)C(C)OC=C(C)C(=O)O. The minimum absolute atomic E-state index is 0.0307. The minimum atomic E-state index is -1.29. The first-order valence-electron chi connectivity index (χ1n) is 3.81. The number of aliphatic carboxylic acids is 1. The summed E-state index contributed by atoms with van der Waals surface area (Å²) in [5, 5.41) is 8.43. The molecule has 0 aliphatic heterocycles. The van der Waals surface area contributed by atoms with Crippen molar-refractivity contribution in [2.24, 2.45) is 0 Å². The van der Waals surface area contributed by atoms with E-state index in [-0.39, 0.29) is 5.57 Å². The Kier molecular flexibility index (Phi) is 4.80. The normalized spacial score (nSPS) is 16.1. The van der Waals surface area contributed by atoms with E-state index in [9.17, 15) is 9.18 Å². The van der Waals surface area contributed by atoms with Crippen LogP contribution in [0.1, 0.15) is 13.8 Å². The average Bonchev–Trinajstić information content (AvgIpc) is 2.11. The molecule has 0 heterocycles. The summed E-state index contributed by atoms with van der Waals surface area (Å²) in [5.41, 5.74) is 0.0307. The van der Waals surface area contributed by atoms with Gasteiger partial charge >= 0.3 is 5.97 Å². The highest BCUT2D eigenvalue weighted by molar-refractivity contribution is 5.85. The van der Waals surface area contributed by atoms with Gasteiger partial charge in [0, 0.05) is 0 Å². The van der Waals surface area contributed by atoms with Gasteiger partial charge in [0.1, 0.15) is 6.10 Å². The zero-order chi connectivity index (χ0) is 10.4. The van der Waals surface area contributed by atoms with Gasteiger partial charge in [-0.3, -0.25) is 0 Å². The third-order valence-electron chi connectivity index (χ3n) is 1.47. The number of hydrogen-bond acceptors (Lipinski definition) is 2. The van der Waals surface area contributed by atoms with E-state index in [0.29, 0.717) is 0 Å². The van der Waals surface area contributed by atoms with Crippen molar-refractivity contribution in [2.75, 3.05) is 0 Å². The maximum Gasteiger partial charge on any atom is 0.334 e. The number of halogens is 1. The van der Waals surface area contributed by atoms with Crippen LogP contribution in [0.5, 0.6) is 0 Å². The fourth-order valence-corrected chi connectivity index (χ4v) is 0.526. The van der Waals surface area contributed by atoms with E-state index in [1.165, 1.54) is 13.8 Å². The quantitative estimate of drug-likeness (QED) is 0.407. The molecule has 2 unspecified atom stereocenters. The lowest BCUT2D eigenvalue weighted by Crippen LogP contribution is -2.17. The Morgan fingerprint density at radius 1 is 1.69 bits per heavy atom. The van der Waals surface area contributed by atoms with Crippen LogP contribution in [0.2, 0.25) is 0 Å². The van der Waals surface area contributed by atoms with E-state index in [2.05, 4.69) is 6.58 Å². The number of carboxylic acids is 1. The molecular weight excluding hydrogens is 175 g/mol. The summed E-state index contributed by atoms with van der Waals surface area (Å²) in [6.07, 6.45) is 0.127. The fourth-order valence-electron chi connectivity index (χ4n) is 0.526. The molecule has 0 aromatic rings. The highest BCUT2D eigenvalue weighted by Crippen LogP contribution is 2.06. The van der Waals surface area contributed by atoms with Crippen molar-refractivity contribution >= 4 is 5.97 Å². The van der Waals surface area contributed by atoms with Crippen LogP contribution in [0.3, 0.4) is 0 Å². The van der Waals surface area contributed by atoms with E-state index >= 15 is 0 Å². The van der Waals surface area contributed by atoms with E-state index in [4.69, 9.17) is 9.84 Å². The summed E-state index contributed by atoms with van der Waals surface area (Å²) < 4.78 is 17.6. The van der Waals surface area contributed by atoms with Crippen molar-refractivity contribution in [2.45, 2.75) is 26.1 Å². The van der Waals surface area contributed by atoms with Gasteiger partial charge in [-0.05, 0) is 13.8 Å². The summed E-state index contributed by atoms with van der Waals surface area (Å²) >= 11 is 0. The Balaban J connectivity index is 4.08. The summed E-state index contributed by atoms with van der Waals surface area (Å²) in [4.78, 5) is 10.3. The molecule has 0 amide bonds. The molecule has 0 fully saturated rings. The Morgan fingerprint density at radius 2 is 2.23 bits per heavy atom. The summed E-state index contributed by atoms with van der Waals surface area (Å²) in [7, 11) is 0. The lowest BCUT2D eigenvalue weighted by molar-refractivity contribution is -0.132. The van der Waals surface area contributed by atoms with Gasteiger partial charge in [-0.2, -0.15) is 0 Å². The molecule has 74 valence electrons. The molecule has 13 heavy (non-hydrogen) atoms. The fraction of sp³-hybridized carbons (Fsp3) is 0.444. The Bertz CT molecular complexity index is 223. The van der Waals surface area contributed by atoms with Gasteiger partial charge in [0.2, 0.25) is 0 Å². The first-order chi connectivity index (χ1) is 5.99. The zero-order valence-corrected chi connectivity index (χ0v) is 7.66. The van der Waals surface area contributed by atoms with Crippen molar-refractivity contribution in [3.05, 3.63) is 24.5 Å². The van der Waals surface area contributed by atoms with Crippen LogP contribution >= 0.6 is 0 Å². The van der Waals surface area contributed by atoms with Crippen LogP contribution in [-0.2, 0) is 9.53 Å². The Morgan fingerprint density at radius 3 is 2.62 bits per heavy atom. The highest BCUT2D eigenvalue weighted by atomic mass is 19.1. The van der Waals surface area contributed by atoms with Crippen molar-refractivity contribution in [1.82, 2.24) is 0 Å². The van der Waals surface area contributed by atoms with Crippen molar-refractivity contribution < 1.29 is 19.0 Å². The minimum Gasteiger partial charge on any atom is -0.494 e. The van der Waals surface area contributed by atoms with Crippen molar-refractivity contribution in [3.8, 4) is 0 Å². The predicted molar refractivity (Wildman–Crippen MR) is 47.0 cm³/mol. The molecule has 3 nitrogen and oxygen atoms in total. The second kappa shape index (κ2) is 5.35. The molecule has 0 bridgehead atoms. The third kappa shape index (κ3) is 4.30. The lowest BCUT2D eigenvalue weighted by atomic mass is 10.2. The molecule has 4 heteroatoms. The summed E-state index contributed by atoms with van der Waals surface area (Å²) in [6.45, 7) is 6.12. The van der Waals surface area contributed by atoms with Crippen molar-refractivity contribution in [3.63, 3.8) is 0 Å². The number of rotatable bonds is 5. The molecule has 2 atom stereocenters. The number of ether oxygens (including phenoxy) is 1. The first kappa shape index (κ1) is 11.7. The summed E-state index contributed by atoms with van der Waals surface area (Å²) in [6, 6.07) is 0. The first-order valence-corrected chi connectivity index (χ1v) is 3.81. The van der Waals surface area contributed by atoms with Gasteiger partial charge in [-0.1, -0.05) is 6.08 Å². The molecule has 0 radical (unpaired) electrons. The van der Waals surface area contributed by atoms with E-state index < -0.39 is 18.2 Å². The van der Waals surface area contributed by atoms with Gasteiger partial charge in [0.25, 0.3) is 0 Å². The molecule has 0 aromatic carbocycles. The van der Waals surface area contributed by atoms with Crippen molar-refractivity contribution in [1.29, 1.82) is 0 Å². The van der Waals surface area contributed by atoms with Gasteiger partial charge in [0.15, 0.2) is 6.17 Å². The highest BCUT2D eigenvalue weighted by Gasteiger charge is 2.12. The molecule has 0 saturated carbocycles. The van der Waals surface area contributed by atoms with Crippen LogP contribution < -0.4 is 0 Å². The van der Waals surface area contributed by atoms with Gasteiger partial charge in [-0.15, -0.1) is 6.58 Å². The van der Waals surface area contributed by atoms with Gasteiger partial charge in [0.05, 0.1) is 11.8 Å². The summed E-state index contributed by atoms with van der Waals surface area (Å²) in [5.74, 6) is -1.08. The average molecular weight is 188 g/mol. The smallest absolute Gasteiger partial charge is 0.334 e. The second-order valence-electron chi connectivity index (χ2n) is 2.63. The largest absolute Gasteiger partial charge is 0.494 e. The Labute approximate surface area is 76.5 Å². The van der Waals surface area contributed by atoms with Crippen LogP contribution in [-0.4, -0.2) is 23.4 Å². The molecular formula is C9H13FO3. The topological polar surface area (TPSA) is 46.5 Å². The second-order valence-corrected chi connectivity index (χ2v) is 2.63. The molecule has 0 saturated heterocycles. The monoisotopic (exact) mass is 188 g/mol. The molecule has 1 N–H and O–H groups in total. The molecule has 0 rings (SSSR count). The van der Waals surface area contributed by atoms with Crippen LogP contribution in [0.4, 0.5) is 4.39 Å². The lowest BCUT2D eigenvalue weighted by Gasteiger charge is -2.12. The molecule has 0 spiro atoms. The number of carbonyl (C=O) groups is 1. The Hall–Kier alpha value is -1.32. The number of hydrogen-bond donors (Lipinski definition) is 1. The van der Waals surface area contributed by atoms with E-state index in [0.717, 1.165) is 12.3 Å². The molecule has 0 aliphatic rings. The third-order valence-corrected chi connectivity index (χ3v) is 1.47.